The van der Waals surface area contributed by atoms with Crippen LogP contribution in [0.15, 0.2) is 30.5 Å². The highest BCUT2D eigenvalue weighted by Gasteiger charge is 2.38. The van der Waals surface area contributed by atoms with Gasteiger partial charge in [-0.3, -0.25) is 9.78 Å². The number of hydrogen-bond acceptors (Lipinski definition) is 3. The molecule has 0 radical (unpaired) electrons. The highest BCUT2D eigenvalue weighted by atomic mass is 19.4. The summed E-state index contributed by atoms with van der Waals surface area (Å²) < 4.78 is 36.5. The first kappa shape index (κ1) is 12.2. The summed E-state index contributed by atoms with van der Waals surface area (Å²) in [5, 5.41) is 2.15. The van der Waals surface area contributed by atoms with Crippen LogP contribution >= 0.6 is 0 Å². The number of aromatic nitrogens is 1. The smallest absolute Gasteiger partial charge is 0.397 e. The van der Waals surface area contributed by atoms with Crippen molar-refractivity contribution in [2.75, 3.05) is 11.1 Å². The number of nitrogens with two attached hydrogens (primary N) is 1. The van der Waals surface area contributed by atoms with E-state index in [4.69, 9.17) is 5.73 Å². The third-order valence-electron chi connectivity index (χ3n) is 2.31. The number of amides is 1. The van der Waals surface area contributed by atoms with Gasteiger partial charge in [-0.1, -0.05) is 0 Å². The molecular formula is C11H8F3N3O. The Labute approximate surface area is 99.6 Å². The van der Waals surface area contributed by atoms with Crippen LogP contribution < -0.4 is 11.1 Å². The minimum absolute atomic E-state index is 0.0228. The van der Waals surface area contributed by atoms with Gasteiger partial charge in [0, 0.05) is 11.6 Å². The molecule has 0 unspecified atom stereocenters. The van der Waals surface area contributed by atoms with Crippen LogP contribution in [0.5, 0.6) is 0 Å². The minimum atomic E-state index is -4.93. The average Bonchev–Trinajstić information content (AvgIpc) is 2.32. The van der Waals surface area contributed by atoms with E-state index in [1.54, 1.807) is 11.4 Å². The lowest BCUT2D eigenvalue weighted by molar-refractivity contribution is -0.167. The maximum atomic E-state index is 12.2. The van der Waals surface area contributed by atoms with Crippen molar-refractivity contribution in [2.45, 2.75) is 6.18 Å². The maximum absolute atomic E-state index is 12.2. The molecule has 1 amide bonds. The molecular weight excluding hydrogens is 247 g/mol. The van der Waals surface area contributed by atoms with E-state index in [-0.39, 0.29) is 5.69 Å². The first-order chi connectivity index (χ1) is 8.39. The van der Waals surface area contributed by atoms with Gasteiger partial charge in [-0.25, -0.2) is 0 Å². The van der Waals surface area contributed by atoms with Crippen molar-refractivity contribution >= 4 is 28.2 Å². The predicted octanol–water partition coefficient (Wildman–Crippen LogP) is 2.32. The van der Waals surface area contributed by atoms with Gasteiger partial charge >= 0.3 is 12.1 Å². The summed E-state index contributed by atoms with van der Waals surface area (Å²) in [6.07, 6.45) is -3.47. The molecule has 2 aromatic rings. The number of anilines is 2. The number of nitrogen functional groups attached to an aromatic ring is 1. The van der Waals surface area contributed by atoms with Crippen LogP contribution in [0.1, 0.15) is 0 Å². The largest absolute Gasteiger partial charge is 0.471 e. The van der Waals surface area contributed by atoms with Crippen molar-refractivity contribution in [3.8, 4) is 0 Å². The molecule has 0 spiro atoms. The molecule has 0 aliphatic carbocycles. The number of carbonyl (C=O) groups is 1. The Morgan fingerprint density at radius 2 is 2.00 bits per heavy atom. The van der Waals surface area contributed by atoms with Gasteiger partial charge in [-0.2, -0.15) is 13.2 Å². The van der Waals surface area contributed by atoms with Gasteiger partial charge in [0.2, 0.25) is 0 Å². The molecule has 1 aromatic heterocycles. The number of fused-ring (bicyclic) bond motifs is 1. The van der Waals surface area contributed by atoms with Crippen molar-refractivity contribution < 1.29 is 18.0 Å². The molecule has 2 rings (SSSR count). The number of alkyl halides is 3. The van der Waals surface area contributed by atoms with Crippen LogP contribution in [0, 0.1) is 0 Å². The molecule has 0 saturated carbocycles. The lowest BCUT2D eigenvalue weighted by atomic mass is 10.1. The van der Waals surface area contributed by atoms with Crippen molar-refractivity contribution in [3.05, 3.63) is 30.5 Å². The number of carbonyl (C=O) groups excluding carboxylic acids is 1. The molecule has 0 bridgehead atoms. The second-order valence-corrected chi connectivity index (χ2v) is 3.55. The molecule has 0 aliphatic heterocycles. The molecule has 0 atom stereocenters. The zero-order chi connectivity index (χ0) is 13.3. The van der Waals surface area contributed by atoms with E-state index in [1.807, 2.05) is 0 Å². The number of hydrogen-bond donors (Lipinski definition) is 2. The monoisotopic (exact) mass is 255 g/mol. The number of nitrogens with one attached hydrogen (secondary N) is 1. The molecule has 4 nitrogen and oxygen atoms in total. The quantitative estimate of drug-likeness (QED) is 0.768. The number of pyridine rings is 1. The molecule has 18 heavy (non-hydrogen) atoms. The Hall–Kier alpha value is -2.31. The van der Waals surface area contributed by atoms with Crippen molar-refractivity contribution in [3.63, 3.8) is 0 Å². The van der Waals surface area contributed by atoms with Crippen molar-refractivity contribution in [1.29, 1.82) is 0 Å². The zero-order valence-electron chi connectivity index (χ0n) is 8.95. The summed E-state index contributed by atoms with van der Waals surface area (Å²) in [6, 6.07) is 5.78. The normalized spacial score (nSPS) is 11.5. The van der Waals surface area contributed by atoms with Crippen LogP contribution in [0.2, 0.25) is 0 Å². The molecule has 94 valence electrons. The van der Waals surface area contributed by atoms with Crippen LogP contribution in [0.3, 0.4) is 0 Å². The summed E-state index contributed by atoms with van der Waals surface area (Å²) in [5.74, 6) is -2.03. The Bertz CT molecular complexity index is 610. The first-order valence-electron chi connectivity index (χ1n) is 4.91. The van der Waals surface area contributed by atoms with E-state index < -0.39 is 12.1 Å². The summed E-state index contributed by atoms with van der Waals surface area (Å²) in [6.45, 7) is 0. The second kappa shape index (κ2) is 4.17. The average molecular weight is 255 g/mol. The van der Waals surface area contributed by atoms with E-state index in [9.17, 15) is 18.0 Å². The fourth-order valence-corrected chi connectivity index (χ4v) is 1.50. The Balaban J connectivity index is 2.47. The number of rotatable bonds is 1. The molecule has 7 heteroatoms. The predicted molar refractivity (Wildman–Crippen MR) is 60.8 cm³/mol. The van der Waals surface area contributed by atoms with Crippen LogP contribution in [-0.4, -0.2) is 17.1 Å². The maximum Gasteiger partial charge on any atom is 0.471 e. The van der Waals surface area contributed by atoms with Crippen molar-refractivity contribution in [2.24, 2.45) is 0 Å². The Morgan fingerprint density at radius 1 is 1.28 bits per heavy atom. The molecule has 1 heterocycles. The van der Waals surface area contributed by atoms with Gasteiger partial charge in [0.1, 0.15) is 0 Å². The van der Waals surface area contributed by atoms with Gasteiger partial charge in [0.05, 0.1) is 16.9 Å². The van der Waals surface area contributed by atoms with Gasteiger partial charge in [-0.05, 0) is 24.3 Å². The third kappa shape index (κ3) is 2.20. The van der Waals surface area contributed by atoms with Crippen molar-refractivity contribution in [1.82, 2.24) is 4.98 Å². The topological polar surface area (TPSA) is 68.0 Å². The second-order valence-electron chi connectivity index (χ2n) is 3.55. The summed E-state index contributed by atoms with van der Waals surface area (Å²) in [7, 11) is 0. The van der Waals surface area contributed by atoms with Crippen LogP contribution in [0.25, 0.3) is 10.9 Å². The van der Waals surface area contributed by atoms with Gasteiger partial charge < -0.3 is 11.1 Å². The van der Waals surface area contributed by atoms with E-state index in [0.29, 0.717) is 16.6 Å². The number of benzene rings is 1. The summed E-state index contributed by atoms with van der Waals surface area (Å²) in [5.41, 5.74) is 6.34. The zero-order valence-corrected chi connectivity index (χ0v) is 8.95. The van der Waals surface area contributed by atoms with Crippen LogP contribution in [0.4, 0.5) is 24.5 Å². The molecule has 0 aliphatic rings. The molecule has 0 fully saturated rings. The van der Waals surface area contributed by atoms with Gasteiger partial charge in [0.15, 0.2) is 0 Å². The van der Waals surface area contributed by atoms with E-state index in [2.05, 4.69) is 4.98 Å². The summed E-state index contributed by atoms with van der Waals surface area (Å²) in [4.78, 5) is 14.8. The molecule has 3 N–H and O–H groups in total. The summed E-state index contributed by atoms with van der Waals surface area (Å²) >= 11 is 0. The fraction of sp³-hybridized carbons (Fsp3) is 0.0909. The standard InChI is InChI=1S/C11H8F3N3O/c12-11(13,14)10(18)17-8-4-3-7(15)9-6(8)2-1-5-16-9/h1-5H,15H2,(H,17,18). The van der Waals surface area contributed by atoms with Gasteiger partial charge in [0.25, 0.3) is 0 Å². The van der Waals surface area contributed by atoms with E-state index in [0.717, 1.165) is 0 Å². The van der Waals surface area contributed by atoms with Crippen LogP contribution in [-0.2, 0) is 4.79 Å². The van der Waals surface area contributed by atoms with E-state index >= 15 is 0 Å². The fourth-order valence-electron chi connectivity index (χ4n) is 1.50. The first-order valence-corrected chi connectivity index (χ1v) is 4.91. The molecule has 1 aromatic carbocycles. The highest BCUT2D eigenvalue weighted by Crippen LogP contribution is 2.27. The number of nitrogens with zero attached hydrogens (tertiary/aromatic N) is 1. The Kier molecular flexibility index (Phi) is 2.82. The minimum Gasteiger partial charge on any atom is -0.397 e. The Morgan fingerprint density at radius 3 is 2.67 bits per heavy atom. The lowest BCUT2D eigenvalue weighted by Crippen LogP contribution is -2.30. The third-order valence-corrected chi connectivity index (χ3v) is 2.31. The van der Waals surface area contributed by atoms with E-state index in [1.165, 1.54) is 24.4 Å². The van der Waals surface area contributed by atoms with Gasteiger partial charge in [-0.15, -0.1) is 0 Å². The number of halogens is 3. The molecule has 0 saturated heterocycles. The lowest BCUT2D eigenvalue weighted by Gasteiger charge is -2.11. The highest BCUT2D eigenvalue weighted by molar-refractivity contribution is 6.05. The SMILES string of the molecule is Nc1ccc(NC(=O)C(F)(F)F)c2cccnc12.